The van der Waals surface area contributed by atoms with Gasteiger partial charge in [0.15, 0.2) is 6.04 Å². The van der Waals surface area contributed by atoms with Crippen LogP contribution in [0.15, 0.2) is 35.7 Å². The number of rotatable bonds is 6. The smallest absolute Gasteiger partial charge is 0.278 e. The van der Waals surface area contributed by atoms with Crippen LogP contribution < -0.4 is 10.2 Å². The first-order valence-electron chi connectivity index (χ1n) is 8.29. The summed E-state index contributed by atoms with van der Waals surface area (Å²) in [6, 6.07) is 9.21. The van der Waals surface area contributed by atoms with Crippen molar-refractivity contribution in [3.05, 3.63) is 41.3 Å². The molecule has 24 heavy (non-hydrogen) atoms. The van der Waals surface area contributed by atoms with Gasteiger partial charge in [0.05, 0.1) is 26.2 Å². The molecule has 1 atom stereocenters. The van der Waals surface area contributed by atoms with Gasteiger partial charge in [0, 0.05) is 12.0 Å². The van der Waals surface area contributed by atoms with E-state index in [4.69, 9.17) is 0 Å². The lowest BCUT2D eigenvalue weighted by Crippen LogP contribution is -3.19. The van der Waals surface area contributed by atoms with Gasteiger partial charge in [-0.05, 0) is 25.5 Å². The van der Waals surface area contributed by atoms with Crippen molar-refractivity contribution < 1.29 is 18.1 Å². The lowest BCUT2D eigenvalue weighted by atomic mass is 10.2. The first kappa shape index (κ1) is 18.6. The van der Waals surface area contributed by atoms with Gasteiger partial charge in [-0.3, -0.25) is 4.79 Å². The minimum absolute atomic E-state index is 0.0211. The lowest BCUT2D eigenvalue weighted by Gasteiger charge is -2.33. The van der Waals surface area contributed by atoms with E-state index in [1.165, 1.54) is 9.71 Å². The number of sulfonamides is 1. The van der Waals surface area contributed by atoms with Gasteiger partial charge < -0.3 is 10.2 Å². The van der Waals surface area contributed by atoms with Gasteiger partial charge in [0.25, 0.3) is 5.91 Å². The van der Waals surface area contributed by atoms with E-state index in [0.29, 0.717) is 32.7 Å². The van der Waals surface area contributed by atoms with Gasteiger partial charge in [-0.2, -0.15) is 4.31 Å². The summed E-state index contributed by atoms with van der Waals surface area (Å²) in [5.74, 6) is 0.0211. The fourth-order valence-corrected chi connectivity index (χ4v) is 3.98. The van der Waals surface area contributed by atoms with Crippen molar-refractivity contribution in [2.75, 3.05) is 32.7 Å². The number of piperazine rings is 1. The summed E-state index contributed by atoms with van der Waals surface area (Å²) in [6.45, 7) is 6.53. The molecule has 1 saturated heterocycles. The Kier molecular flexibility index (Phi) is 6.53. The van der Waals surface area contributed by atoms with Crippen LogP contribution in [0.5, 0.6) is 0 Å². The number of hydrogen-bond donors (Lipinski definition) is 2. The van der Waals surface area contributed by atoms with Gasteiger partial charge in [0.1, 0.15) is 0 Å². The summed E-state index contributed by atoms with van der Waals surface area (Å²) in [5, 5.41) is 4.08. The molecule has 1 fully saturated rings. The number of hydrogen-bond acceptors (Lipinski definition) is 3. The minimum Gasteiger partial charge on any atom is -0.351 e. The SMILES string of the molecule is CCNC(=O)[C@H](C)[NH+]1CCN(S(=O)(=O)/C=C/c2ccccc2)CC1. The van der Waals surface area contributed by atoms with Gasteiger partial charge in [0.2, 0.25) is 10.0 Å². The van der Waals surface area contributed by atoms with Crippen LogP contribution in [0.3, 0.4) is 0 Å². The fourth-order valence-electron chi connectivity index (χ4n) is 2.79. The summed E-state index contributed by atoms with van der Waals surface area (Å²) < 4.78 is 26.3. The molecule has 0 saturated carbocycles. The van der Waals surface area contributed by atoms with Crippen LogP contribution >= 0.6 is 0 Å². The molecule has 1 aliphatic rings. The summed E-state index contributed by atoms with van der Waals surface area (Å²) in [5.41, 5.74) is 0.857. The second-order valence-electron chi connectivity index (χ2n) is 5.93. The third-order valence-corrected chi connectivity index (χ3v) is 5.88. The molecule has 132 valence electrons. The molecular weight excluding hydrogens is 326 g/mol. The molecule has 0 aromatic heterocycles. The molecule has 2 N–H and O–H groups in total. The van der Waals surface area contributed by atoms with Crippen molar-refractivity contribution >= 4 is 22.0 Å². The van der Waals surface area contributed by atoms with Gasteiger partial charge in [-0.1, -0.05) is 30.3 Å². The number of benzene rings is 1. The van der Waals surface area contributed by atoms with E-state index in [9.17, 15) is 13.2 Å². The van der Waals surface area contributed by atoms with E-state index in [2.05, 4.69) is 5.32 Å². The molecule has 1 aromatic rings. The Bertz CT molecular complexity index is 666. The van der Waals surface area contributed by atoms with Gasteiger partial charge in [-0.25, -0.2) is 8.42 Å². The number of quaternary nitrogens is 1. The molecule has 7 heteroatoms. The van der Waals surface area contributed by atoms with E-state index in [1.807, 2.05) is 44.2 Å². The van der Waals surface area contributed by atoms with Crippen LogP contribution in [0.1, 0.15) is 19.4 Å². The number of nitrogens with zero attached hydrogens (tertiary/aromatic N) is 1. The van der Waals surface area contributed by atoms with Gasteiger partial charge in [-0.15, -0.1) is 0 Å². The second-order valence-corrected chi connectivity index (χ2v) is 7.75. The van der Waals surface area contributed by atoms with Crippen LogP contribution in [0.25, 0.3) is 6.08 Å². The highest BCUT2D eigenvalue weighted by atomic mass is 32.2. The van der Waals surface area contributed by atoms with E-state index in [1.54, 1.807) is 6.08 Å². The Morgan fingerprint density at radius 3 is 2.50 bits per heavy atom. The third-order valence-electron chi connectivity index (χ3n) is 4.31. The maximum absolute atomic E-state index is 12.4. The molecule has 0 radical (unpaired) electrons. The quantitative estimate of drug-likeness (QED) is 0.739. The normalized spacial score (nSPS) is 18.6. The summed E-state index contributed by atoms with van der Waals surface area (Å²) >= 11 is 0. The molecule has 1 amide bonds. The predicted octanol–water partition coefficient (Wildman–Crippen LogP) is -0.288. The van der Waals surface area contributed by atoms with E-state index >= 15 is 0 Å². The highest BCUT2D eigenvalue weighted by Gasteiger charge is 2.32. The summed E-state index contributed by atoms with van der Waals surface area (Å²) in [4.78, 5) is 13.0. The van der Waals surface area contributed by atoms with Crippen molar-refractivity contribution in [2.45, 2.75) is 19.9 Å². The Balaban J connectivity index is 1.93. The average Bonchev–Trinajstić information content (AvgIpc) is 2.60. The zero-order chi connectivity index (χ0) is 17.6. The van der Waals surface area contributed by atoms with E-state index < -0.39 is 10.0 Å². The van der Waals surface area contributed by atoms with Crippen molar-refractivity contribution in [1.29, 1.82) is 0 Å². The van der Waals surface area contributed by atoms with E-state index in [0.717, 1.165) is 10.5 Å². The second kappa shape index (κ2) is 8.41. The number of nitrogens with one attached hydrogen (secondary N) is 2. The Morgan fingerprint density at radius 1 is 1.29 bits per heavy atom. The van der Waals surface area contributed by atoms with Gasteiger partial charge >= 0.3 is 0 Å². The standard InChI is InChI=1S/C17H25N3O3S/c1-3-18-17(21)15(2)19-10-12-20(13-11-19)24(22,23)14-9-16-7-5-4-6-8-16/h4-9,14-15H,3,10-13H2,1-2H3,(H,18,21)/p+1/b14-9+/t15-/m0/s1. The van der Waals surface area contributed by atoms with Crippen LogP contribution in [0.2, 0.25) is 0 Å². The van der Waals surface area contributed by atoms with Crippen LogP contribution in [0, 0.1) is 0 Å². The molecule has 0 spiro atoms. The summed E-state index contributed by atoms with van der Waals surface area (Å²) in [6.07, 6.45) is 1.62. The molecule has 1 aliphatic heterocycles. The topological polar surface area (TPSA) is 70.9 Å². The van der Waals surface area contributed by atoms with Crippen LogP contribution in [-0.4, -0.2) is 57.4 Å². The van der Waals surface area contributed by atoms with Crippen molar-refractivity contribution in [3.8, 4) is 0 Å². The Morgan fingerprint density at radius 2 is 1.92 bits per heavy atom. The number of amides is 1. The van der Waals surface area contributed by atoms with Crippen LogP contribution in [0.4, 0.5) is 0 Å². The molecule has 2 rings (SSSR count). The molecule has 1 aromatic carbocycles. The fraction of sp³-hybridized carbons (Fsp3) is 0.471. The molecule has 6 nitrogen and oxygen atoms in total. The molecule has 0 aliphatic carbocycles. The van der Waals surface area contributed by atoms with Crippen LogP contribution in [-0.2, 0) is 14.8 Å². The molecular formula is C17H26N3O3S+. The number of likely N-dealkylation sites (N-methyl/N-ethyl adjacent to an activating group) is 1. The maximum atomic E-state index is 12.4. The zero-order valence-corrected chi connectivity index (χ0v) is 15.1. The number of carbonyl (C=O) groups is 1. The van der Waals surface area contributed by atoms with Crippen molar-refractivity contribution in [2.24, 2.45) is 0 Å². The molecule has 1 heterocycles. The average molecular weight is 352 g/mol. The predicted molar refractivity (Wildman–Crippen MR) is 94.8 cm³/mol. The van der Waals surface area contributed by atoms with Crippen molar-refractivity contribution in [1.82, 2.24) is 9.62 Å². The third kappa shape index (κ3) is 4.90. The summed E-state index contributed by atoms with van der Waals surface area (Å²) in [7, 11) is -3.42. The highest BCUT2D eigenvalue weighted by molar-refractivity contribution is 7.92. The monoisotopic (exact) mass is 352 g/mol. The maximum Gasteiger partial charge on any atom is 0.278 e. The first-order chi connectivity index (χ1) is 11.4. The minimum atomic E-state index is -3.42. The zero-order valence-electron chi connectivity index (χ0n) is 14.2. The largest absolute Gasteiger partial charge is 0.351 e. The molecule has 0 bridgehead atoms. The number of carbonyl (C=O) groups excluding carboxylic acids is 1. The first-order valence-corrected chi connectivity index (χ1v) is 9.80. The Hall–Kier alpha value is -1.70. The van der Waals surface area contributed by atoms with Crippen molar-refractivity contribution in [3.63, 3.8) is 0 Å². The van der Waals surface area contributed by atoms with E-state index in [-0.39, 0.29) is 11.9 Å². The lowest BCUT2D eigenvalue weighted by molar-refractivity contribution is -0.917. The molecule has 0 unspecified atom stereocenters. The highest BCUT2D eigenvalue weighted by Crippen LogP contribution is 2.08. The Labute approximate surface area is 144 Å².